The number of nitrogens with two attached hydrogens (primary N) is 1. The zero-order valence-electron chi connectivity index (χ0n) is 12.6. The first kappa shape index (κ1) is 14.7. The second kappa shape index (κ2) is 6.23. The van der Waals surface area contributed by atoms with Gasteiger partial charge in [0.2, 0.25) is 0 Å². The number of rotatable bonds is 4. The van der Waals surface area contributed by atoms with Crippen LogP contribution in [0, 0.1) is 0 Å². The van der Waals surface area contributed by atoms with Crippen molar-refractivity contribution in [1.29, 1.82) is 0 Å². The van der Waals surface area contributed by atoms with Crippen LogP contribution >= 0.6 is 0 Å². The largest absolute Gasteiger partial charge is 0.496 e. The fraction of sp³-hybridized carbons (Fsp3) is 0.353. The number of hydrogen-bond donors (Lipinski definition) is 1. The van der Waals surface area contributed by atoms with Gasteiger partial charge in [-0.25, -0.2) is 0 Å². The van der Waals surface area contributed by atoms with Crippen LogP contribution < -0.4 is 16.0 Å². The van der Waals surface area contributed by atoms with Crippen molar-refractivity contribution in [3.63, 3.8) is 0 Å². The maximum atomic E-state index is 12.5. The van der Waals surface area contributed by atoms with Gasteiger partial charge in [0.05, 0.1) is 31.1 Å². The van der Waals surface area contributed by atoms with E-state index in [2.05, 4.69) is 0 Å². The van der Waals surface area contributed by atoms with E-state index in [1.807, 2.05) is 30.3 Å². The smallest absolute Gasteiger partial charge is 0.274 e. The topological polar surface area (TPSA) is 66.5 Å². The van der Waals surface area contributed by atoms with E-state index in [1.54, 1.807) is 17.7 Å². The van der Waals surface area contributed by atoms with Gasteiger partial charge >= 0.3 is 0 Å². The molecule has 1 aliphatic rings. The number of ether oxygens (including phenoxy) is 2. The van der Waals surface area contributed by atoms with Crippen LogP contribution in [0.15, 0.2) is 41.2 Å². The lowest BCUT2D eigenvalue weighted by molar-refractivity contribution is 0.0966. The summed E-state index contributed by atoms with van der Waals surface area (Å²) in [6, 6.07) is 11.2. The van der Waals surface area contributed by atoms with Gasteiger partial charge in [-0.3, -0.25) is 4.79 Å². The summed E-state index contributed by atoms with van der Waals surface area (Å²) in [4.78, 5) is 12.5. The first-order chi connectivity index (χ1) is 10.7. The molecular formula is C17H20N2O3. The molecule has 1 atom stereocenters. The Kier molecular flexibility index (Phi) is 4.15. The molecule has 2 N–H and O–H groups in total. The molecule has 2 aromatic rings. The molecule has 0 radical (unpaired) electrons. The number of hydrogen-bond acceptors (Lipinski definition) is 4. The van der Waals surface area contributed by atoms with Gasteiger partial charge in [0, 0.05) is 12.2 Å². The first-order valence-electron chi connectivity index (χ1n) is 7.45. The zero-order chi connectivity index (χ0) is 15.5. The van der Waals surface area contributed by atoms with Crippen molar-refractivity contribution in [2.75, 3.05) is 19.5 Å². The highest BCUT2D eigenvalue weighted by molar-refractivity contribution is 5.68. The maximum absolute atomic E-state index is 12.5. The van der Waals surface area contributed by atoms with Crippen molar-refractivity contribution < 1.29 is 9.47 Å². The van der Waals surface area contributed by atoms with Crippen LogP contribution in [0.2, 0.25) is 0 Å². The lowest BCUT2D eigenvalue weighted by Crippen LogP contribution is -2.29. The molecule has 1 saturated heterocycles. The molecule has 1 unspecified atom stereocenters. The van der Waals surface area contributed by atoms with Gasteiger partial charge in [-0.1, -0.05) is 12.1 Å². The summed E-state index contributed by atoms with van der Waals surface area (Å²) in [5.41, 5.74) is 7.55. The van der Waals surface area contributed by atoms with Crippen LogP contribution in [0.1, 0.15) is 12.8 Å². The van der Waals surface area contributed by atoms with Crippen LogP contribution in [-0.2, 0) is 11.3 Å². The number of nitrogen functional groups attached to an aromatic ring is 1. The molecule has 1 aliphatic heterocycles. The summed E-state index contributed by atoms with van der Waals surface area (Å²) < 4.78 is 12.8. The predicted molar refractivity (Wildman–Crippen MR) is 86.1 cm³/mol. The molecule has 1 aromatic heterocycles. The molecule has 0 saturated carbocycles. The lowest BCUT2D eigenvalue weighted by atomic mass is 10.1. The lowest BCUT2D eigenvalue weighted by Gasteiger charge is -2.18. The minimum absolute atomic E-state index is 0.0629. The van der Waals surface area contributed by atoms with Gasteiger partial charge in [-0.15, -0.1) is 0 Å². The summed E-state index contributed by atoms with van der Waals surface area (Å²) >= 11 is 0. The molecule has 1 aromatic carbocycles. The third-order valence-corrected chi connectivity index (χ3v) is 4.00. The van der Waals surface area contributed by atoms with Gasteiger partial charge < -0.3 is 19.8 Å². The molecule has 2 heterocycles. The number of methoxy groups -OCH3 is 1. The van der Waals surface area contributed by atoms with Crippen molar-refractivity contribution in [2.45, 2.75) is 25.5 Å². The Labute approximate surface area is 129 Å². The molecule has 1 fully saturated rings. The number of aromatic nitrogens is 1. The van der Waals surface area contributed by atoms with Gasteiger partial charge in [0.15, 0.2) is 0 Å². The second-order valence-electron chi connectivity index (χ2n) is 5.42. The first-order valence-corrected chi connectivity index (χ1v) is 7.45. The summed E-state index contributed by atoms with van der Waals surface area (Å²) in [7, 11) is 1.62. The molecule has 0 bridgehead atoms. The van der Waals surface area contributed by atoms with Crippen LogP contribution in [0.25, 0.3) is 11.3 Å². The Bertz CT molecular complexity index is 718. The van der Waals surface area contributed by atoms with E-state index in [0.717, 1.165) is 36.5 Å². The highest BCUT2D eigenvalue weighted by Gasteiger charge is 2.20. The van der Waals surface area contributed by atoms with Gasteiger partial charge in [0.1, 0.15) is 5.75 Å². The summed E-state index contributed by atoms with van der Waals surface area (Å²) in [6.07, 6.45) is 2.06. The third-order valence-electron chi connectivity index (χ3n) is 4.00. The summed E-state index contributed by atoms with van der Waals surface area (Å²) in [5.74, 6) is 0.729. The van der Waals surface area contributed by atoms with E-state index in [9.17, 15) is 4.79 Å². The Morgan fingerprint density at radius 2 is 2.14 bits per heavy atom. The highest BCUT2D eigenvalue weighted by Crippen LogP contribution is 2.29. The number of nitrogens with zero attached hydrogens (tertiary/aromatic N) is 1. The molecule has 22 heavy (non-hydrogen) atoms. The predicted octanol–water partition coefficient (Wildman–Crippen LogP) is 2.29. The minimum atomic E-state index is -0.182. The monoisotopic (exact) mass is 300 g/mol. The van der Waals surface area contributed by atoms with E-state index >= 15 is 0 Å². The average molecular weight is 300 g/mol. The zero-order valence-corrected chi connectivity index (χ0v) is 12.6. The fourth-order valence-electron chi connectivity index (χ4n) is 2.86. The Balaban J connectivity index is 2.10. The third kappa shape index (κ3) is 2.72. The maximum Gasteiger partial charge on any atom is 0.274 e. The van der Waals surface area contributed by atoms with Gasteiger partial charge in [0.25, 0.3) is 5.56 Å². The summed E-state index contributed by atoms with van der Waals surface area (Å²) in [6.45, 7) is 1.27. The van der Waals surface area contributed by atoms with Crippen molar-refractivity contribution in [3.8, 4) is 17.0 Å². The standard InChI is InChI=1S/C17H20N2O3/c1-21-16-7-3-2-6-13(16)15-9-8-14(18)17(20)19(15)11-12-5-4-10-22-12/h2-3,6-9,12H,4-5,10-11,18H2,1H3. The normalized spacial score (nSPS) is 17.6. The van der Waals surface area contributed by atoms with E-state index in [4.69, 9.17) is 15.2 Å². The molecule has 116 valence electrons. The van der Waals surface area contributed by atoms with Gasteiger partial charge in [-0.2, -0.15) is 0 Å². The van der Waals surface area contributed by atoms with E-state index in [0.29, 0.717) is 6.54 Å². The number of anilines is 1. The fourth-order valence-corrected chi connectivity index (χ4v) is 2.86. The van der Waals surface area contributed by atoms with Crippen molar-refractivity contribution in [2.24, 2.45) is 0 Å². The van der Waals surface area contributed by atoms with Crippen LogP contribution in [0.5, 0.6) is 5.75 Å². The molecule has 3 rings (SSSR count). The Hall–Kier alpha value is -2.27. The van der Waals surface area contributed by atoms with Crippen molar-refractivity contribution >= 4 is 5.69 Å². The van der Waals surface area contributed by atoms with Crippen LogP contribution in [0.4, 0.5) is 5.69 Å². The average Bonchev–Trinajstić information content (AvgIpc) is 3.05. The van der Waals surface area contributed by atoms with Crippen LogP contribution in [0.3, 0.4) is 0 Å². The van der Waals surface area contributed by atoms with E-state index < -0.39 is 0 Å². The number of pyridine rings is 1. The molecule has 5 heteroatoms. The SMILES string of the molecule is COc1ccccc1-c1ccc(N)c(=O)n1CC1CCCO1. The second-order valence-corrected chi connectivity index (χ2v) is 5.42. The quantitative estimate of drug-likeness (QED) is 0.940. The van der Waals surface area contributed by atoms with Crippen LogP contribution in [-0.4, -0.2) is 24.4 Å². The number of para-hydroxylation sites is 1. The minimum Gasteiger partial charge on any atom is -0.496 e. The van der Waals surface area contributed by atoms with E-state index in [-0.39, 0.29) is 17.4 Å². The molecule has 0 amide bonds. The molecular weight excluding hydrogens is 280 g/mol. The number of benzene rings is 1. The summed E-state index contributed by atoms with van der Waals surface area (Å²) in [5, 5.41) is 0. The molecule has 0 aliphatic carbocycles. The Morgan fingerprint density at radius 3 is 2.86 bits per heavy atom. The Morgan fingerprint density at radius 1 is 1.32 bits per heavy atom. The highest BCUT2D eigenvalue weighted by atomic mass is 16.5. The molecule has 5 nitrogen and oxygen atoms in total. The van der Waals surface area contributed by atoms with Gasteiger partial charge in [-0.05, 0) is 37.1 Å². The molecule has 0 spiro atoms. The van der Waals surface area contributed by atoms with Crippen molar-refractivity contribution in [3.05, 3.63) is 46.8 Å². The van der Waals surface area contributed by atoms with Crippen molar-refractivity contribution in [1.82, 2.24) is 4.57 Å². The van der Waals surface area contributed by atoms with E-state index in [1.165, 1.54) is 0 Å².